The predicted octanol–water partition coefficient (Wildman–Crippen LogP) is 1.79. The van der Waals surface area contributed by atoms with Crippen LogP contribution < -0.4 is 0 Å². The van der Waals surface area contributed by atoms with Gasteiger partial charge in [-0.05, 0) is 12.5 Å². The highest BCUT2D eigenvalue weighted by Gasteiger charge is 2.02. The van der Waals surface area contributed by atoms with Crippen LogP contribution in [0.15, 0.2) is 24.3 Å². The van der Waals surface area contributed by atoms with Crippen molar-refractivity contribution in [1.82, 2.24) is 0 Å². The van der Waals surface area contributed by atoms with E-state index in [1.165, 1.54) is 5.56 Å². The number of ether oxygens (including phenoxy) is 1. The van der Waals surface area contributed by atoms with Crippen molar-refractivity contribution in [2.24, 2.45) is 0 Å². The van der Waals surface area contributed by atoms with Gasteiger partial charge in [0.05, 0.1) is 31.8 Å². The molecule has 0 fully saturated rings. The van der Waals surface area contributed by atoms with E-state index in [-0.39, 0.29) is 13.0 Å². The molecule has 0 unspecified atom stereocenters. The minimum absolute atomic E-state index is 0.119. The number of hydrogen-bond donors (Lipinski definition) is 1. The third-order valence-electron chi connectivity index (χ3n) is 2.03. The molecule has 1 N–H and O–H groups in total. The van der Waals surface area contributed by atoms with Crippen molar-refractivity contribution in [2.45, 2.75) is 26.1 Å². The van der Waals surface area contributed by atoms with Gasteiger partial charge < -0.3 is 9.84 Å². The lowest BCUT2D eigenvalue weighted by atomic mass is 10.2. The van der Waals surface area contributed by atoms with Gasteiger partial charge in [-0.1, -0.05) is 29.8 Å². The topological polar surface area (TPSA) is 53.2 Å². The number of aryl methyl sites for hydroxylation is 1. The van der Waals surface area contributed by atoms with Crippen LogP contribution in [0.4, 0.5) is 0 Å². The number of aliphatic hydroxyl groups excluding tert-OH is 1. The first kappa shape index (κ1) is 11.7. The molecular formula is C12H15NO2. The third kappa shape index (κ3) is 4.59. The fourth-order valence-electron chi connectivity index (χ4n) is 1.16. The molecule has 1 rings (SSSR count). The van der Waals surface area contributed by atoms with Crippen molar-refractivity contribution in [3.8, 4) is 6.07 Å². The molecule has 0 radical (unpaired) electrons. The van der Waals surface area contributed by atoms with E-state index in [1.807, 2.05) is 37.3 Å². The molecule has 0 aliphatic heterocycles. The number of benzene rings is 1. The molecule has 0 spiro atoms. The van der Waals surface area contributed by atoms with Crippen LogP contribution in [0, 0.1) is 18.3 Å². The quantitative estimate of drug-likeness (QED) is 0.797. The lowest BCUT2D eigenvalue weighted by molar-refractivity contribution is 0.0309. The highest BCUT2D eigenvalue weighted by Crippen LogP contribution is 2.05. The lowest BCUT2D eigenvalue weighted by Gasteiger charge is -2.07. The number of rotatable bonds is 5. The van der Waals surface area contributed by atoms with Gasteiger partial charge in [0.15, 0.2) is 0 Å². The van der Waals surface area contributed by atoms with Crippen LogP contribution in [0.1, 0.15) is 17.5 Å². The van der Waals surface area contributed by atoms with E-state index in [0.29, 0.717) is 6.61 Å². The highest BCUT2D eigenvalue weighted by molar-refractivity contribution is 5.20. The number of nitriles is 1. The van der Waals surface area contributed by atoms with Crippen molar-refractivity contribution in [2.75, 3.05) is 6.61 Å². The molecular weight excluding hydrogens is 190 g/mol. The maximum Gasteiger partial charge on any atom is 0.0903 e. The first-order valence-electron chi connectivity index (χ1n) is 4.90. The van der Waals surface area contributed by atoms with Crippen LogP contribution >= 0.6 is 0 Å². The SMILES string of the molecule is Cc1ccc(COC[C@H](O)CC#N)cc1. The summed E-state index contributed by atoms with van der Waals surface area (Å²) in [6.07, 6.45) is -0.561. The maximum atomic E-state index is 9.22. The van der Waals surface area contributed by atoms with Gasteiger partial charge in [0.2, 0.25) is 0 Å². The first-order chi connectivity index (χ1) is 7.22. The second kappa shape index (κ2) is 6.18. The van der Waals surface area contributed by atoms with Gasteiger partial charge in [-0.25, -0.2) is 0 Å². The van der Waals surface area contributed by atoms with Gasteiger partial charge in [-0.2, -0.15) is 5.26 Å². The Bertz CT molecular complexity index is 326. The Hall–Kier alpha value is -1.37. The number of aliphatic hydroxyl groups is 1. The van der Waals surface area contributed by atoms with Gasteiger partial charge in [0, 0.05) is 0 Å². The summed E-state index contributed by atoms with van der Waals surface area (Å²) < 4.78 is 5.27. The molecule has 1 atom stereocenters. The van der Waals surface area contributed by atoms with Crippen LogP contribution in [0.25, 0.3) is 0 Å². The van der Waals surface area contributed by atoms with E-state index < -0.39 is 6.10 Å². The molecule has 0 bridgehead atoms. The second-order valence-corrected chi connectivity index (χ2v) is 3.52. The Balaban J connectivity index is 2.26. The number of nitrogens with zero attached hydrogens (tertiary/aromatic N) is 1. The second-order valence-electron chi connectivity index (χ2n) is 3.52. The summed E-state index contributed by atoms with van der Waals surface area (Å²) in [7, 11) is 0. The Morgan fingerprint density at radius 1 is 1.40 bits per heavy atom. The molecule has 0 aliphatic rings. The summed E-state index contributed by atoms with van der Waals surface area (Å²) in [5.74, 6) is 0. The lowest BCUT2D eigenvalue weighted by Crippen LogP contribution is -2.14. The molecule has 80 valence electrons. The third-order valence-corrected chi connectivity index (χ3v) is 2.03. The first-order valence-corrected chi connectivity index (χ1v) is 4.90. The van der Waals surface area contributed by atoms with E-state index in [0.717, 1.165) is 5.56 Å². The molecule has 3 heteroatoms. The van der Waals surface area contributed by atoms with Crippen molar-refractivity contribution in [3.05, 3.63) is 35.4 Å². The molecule has 3 nitrogen and oxygen atoms in total. The fourth-order valence-corrected chi connectivity index (χ4v) is 1.16. The normalized spacial score (nSPS) is 12.1. The van der Waals surface area contributed by atoms with E-state index in [2.05, 4.69) is 0 Å². The minimum atomic E-state index is -0.680. The van der Waals surface area contributed by atoms with Crippen LogP contribution in [0.2, 0.25) is 0 Å². The van der Waals surface area contributed by atoms with Crippen LogP contribution in [0.3, 0.4) is 0 Å². The van der Waals surface area contributed by atoms with Crippen molar-refractivity contribution < 1.29 is 9.84 Å². The average molecular weight is 205 g/mol. The van der Waals surface area contributed by atoms with Gasteiger partial charge >= 0.3 is 0 Å². The molecule has 1 aromatic rings. The Kier molecular flexibility index (Phi) is 4.82. The minimum Gasteiger partial charge on any atom is -0.390 e. The van der Waals surface area contributed by atoms with Gasteiger partial charge in [0.25, 0.3) is 0 Å². The standard InChI is InChI=1S/C12H15NO2/c1-10-2-4-11(5-3-10)8-15-9-12(14)6-7-13/h2-5,12,14H,6,8-9H2,1H3/t12-/m1/s1. The van der Waals surface area contributed by atoms with E-state index in [1.54, 1.807) is 0 Å². The van der Waals surface area contributed by atoms with Crippen molar-refractivity contribution >= 4 is 0 Å². The zero-order valence-electron chi connectivity index (χ0n) is 8.81. The molecule has 0 amide bonds. The Morgan fingerprint density at radius 2 is 2.07 bits per heavy atom. The summed E-state index contributed by atoms with van der Waals surface area (Å²) >= 11 is 0. The number of hydrogen-bond acceptors (Lipinski definition) is 3. The molecule has 0 aromatic heterocycles. The van der Waals surface area contributed by atoms with Gasteiger partial charge in [-0.15, -0.1) is 0 Å². The molecule has 0 saturated carbocycles. The van der Waals surface area contributed by atoms with Crippen molar-refractivity contribution in [1.29, 1.82) is 5.26 Å². The largest absolute Gasteiger partial charge is 0.390 e. The maximum absolute atomic E-state index is 9.22. The van der Waals surface area contributed by atoms with E-state index in [9.17, 15) is 5.11 Å². The average Bonchev–Trinajstić information content (AvgIpc) is 2.21. The fraction of sp³-hybridized carbons (Fsp3) is 0.417. The van der Waals surface area contributed by atoms with Crippen LogP contribution in [0.5, 0.6) is 0 Å². The molecule has 1 aromatic carbocycles. The van der Waals surface area contributed by atoms with Crippen LogP contribution in [-0.2, 0) is 11.3 Å². The van der Waals surface area contributed by atoms with E-state index in [4.69, 9.17) is 10.00 Å². The smallest absolute Gasteiger partial charge is 0.0903 e. The van der Waals surface area contributed by atoms with E-state index >= 15 is 0 Å². The molecule has 0 saturated heterocycles. The summed E-state index contributed by atoms with van der Waals surface area (Å²) in [5, 5.41) is 17.5. The summed E-state index contributed by atoms with van der Waals surface area (Å²) in [4.78, 5) is 0. The summed E-state index contributed by atoms with van der Waals surface area (Å²) in [6, 6.07) is 9.91. The Morgan fingerprint density at radius 3 is 2.67 bits per heavy atom. The highest BCUT2D eigenvalue weighted by atomic mass is 16.5. The summed E-state index contributed by atoms with van der Waals surface area (Å²) in [5.41, 5.74) is 2.29. The monoisotopic (exact) mass is 205 g/mol. The van der Waals surface area contributed by atoms with Crippen LogP contribution in [-0.4, -0.2) is 17.8 Å². The van der Waals surface area contributed by atoms with Crippen molar-refractivity contribution in [3.63, 3.8) is 0 Å². The van der Waals surface area contributed by atoms with Gasteiger partial charge in [0.1, 0.15) is 0 Å². The zero-order chi connectivity index (χ0) is 11.1. The Labute approximate surface area is 89.9 Å². The summed E-state index contributed by atoms with van der Waals surface area (Å²) in [6.45, 7) is 2.71. The molecule has 0 heterocycles. The zero-order valence-corrected chi connectivity index (χ0v) is 8.81. The molecule has 0 aliphatic carbocycles. The predicted molar refractivity (Wildman–Crippen MR) is 57.1 cm³/mol. The molecule has 15 heavy (non-hydrogen) atoms. The van der Waals surface area contributed by atoms with Gasteiger partial charge in [-0.3, -0.25) is 0 Å².